The minimum Gasteiger partial charge on any atom is -0.423 e. The van der Waals surface area contributed by atoms with E-state index >= 15 is 0 Å². The van der Waals surface area contributed by atoms with E-state index in [-0.39, 0.29) is 0 Å². The van der Waals surface area contributed by atoms with Gasteiger partial charge in [0.05, 0.1) is 5.69 Å². The Morgan fingerprint density at radius 1 is 1.06 bits per heavy atom. The fraction of sp³-hybridized carbons (Fsp3) is 0. The van der Waals surface area contributed by atoms with Crippen molar-refractivity contribution in [1.82, 2.24) is 4.98 Å². The fourth-order valence-corrected chi connectivity index (χ4v) is 1.43. The zero-order valence-corrected chi connectivity index (χ0v) is 8.34. The standard InChI is InChI=1S/C11H9BFNO2/c13-11-6-2-5-10(14-11)8-3-1-4-9(7-8)12(15)16/h1-7,15-16H. The van der Waals surface area contributed by atoms with Crippen LogP contribution >= 0.6 is 0 Å². The molecule has 3 nitrogen and oxygen atoms in total. The lowest BCUT2D eigenvalue weighted by Crippen LogP contribution is -2.29. The Morgan fingerprint density at radius 3 is 2.50 bits per heavy atom. The van der Waals surface area contributed by atoms with Gasteiger partial charge in [-0.2, -0.15) is 4.39 Å². The smallest absolute Gasteiger partial charge is 0.423 e. The molecule has 0 bridgehead atoms. The summed E-state index contributed by atoms with van der Waals surface area (Å²) in [5.74, 6) is -0.563. The van der Waals surface area contributed by atoms with Crippen LogP contribution in [-0.4, -0.2) is 22.2 Å². The highest BCUT2D eigenvalue weighted by Gasteiger charge is 2.11. The van der Waals surface area contributed by atoms with Gasteiger partial charge in [-0.1, -0.05) is 30.3 Å². The van der Waals surface area contributed by atoms with Crippen LogP contribution < -0.4 is 5.46 Å². The van der Waals surface area contributed by atoms with E-state index in [1.165, 1.54) is 6.07 Å². The highest BCUT2D eigenvalue weighted by molar-refractivity contribution is 6.58. The second kappa shape index (κ2) is 4.43. The van der Waals surface area contributed by atoms with Gasteiger partial charge in [0.2, 0.25) is 5.95 Å². The minimum atomic E-state index is -1.53. The Hall–Kier alpha value is -1.72. The summed E-state index contributed by atoms with van der Waals surface area (Å²) in [4.78, 5) is 3.71. The summed E-state index contributed by atoms with van der Waals surface area (Å²) < 4.78 is 12.9. The number of nitrogens with zero attached hydrogens (tertiary/aromatic N) is 1. The molecule has 1 aromatic carbocycles. The van der Waals surface area contributed by atoms with Crippen molar-refractivity contribution >= 4 is 12.6 Å². The van der Waals surface area contributed by atoms with Gasteiger partial charge in [-0.25, -0.2) is 4.98 Å². The average molecular weight is 217 g/mol. The molecule has 0 amide bonds. The lowest BCUT2D eigenvalue weighted by atomic mass is 9.79. The van der Waals surface area contributed by atoms with E-state index in [4.69, 9.17) is 10.0 Å². The second-order valence-electron chi connectivity index (χ2n) is 3.34. The lowest BCUT2D eigenvalue weighted by molar-refractivity contribution is 0.426. The van der Waals surface area contributed by atoms with Gasteiger partial charge in [0.25, 0.3) is 0 Å². The van der Waals surface area contributed by atoms with E-state index in [9.17, 15) is 4.39 Å². The number of pyridine rings is 1. The number of halogens is 1. The quantitative estimate of drug-likeness (QED) is 0.571. The molecule has 0 unspecified atom stereocenters. The van der Waals surface area contributed by atoms with E-state index < -0.39 is 13.1 Å². The Balaban J connectivity index is 2.44. The highest BCUT2D eigenvalue weighted by Crippen LogP contribution is 2.15. The number of aromatic nitrogens is 1. The third-order valence-electron chi connectivity index (χ3n) is 2.20. The van der Waals surface area contributed by atoms with Gasteiger partial charge >= 0.3 is 7.12 Å². The maximum Gasteiger partial charge on any atom is 0.488 e. The van der Waals surface area contributed by atoms with Crippen LogP contribution in [0.25, 0.3) is 11.3 Å². The maximum atomic E-state index is 12.9. The zero-order valence-electron chi connectivity index (χ0n) is 8.34. The first-order valence-corrected chi connectivity index (χ1v) is 4.76. The van der Waals surface area contributed by atoms with Crippen molar-refractivity contribution in [3.05, 3.63) is 48.4 Å². The van der Waals surface area contributed by atoms with Crippen LogP contribution in [0.3, 0.4) is 0 Å². The number of benzene rings is 1. The summed E-state index contributed by atoms with van der Waals surface area (Å²) in [5.41, 5.74) is 1.45. The van der Waals surface area contributed by atoms with Crippen molar-refractivity contribution in [2.75, 3.05) is 0 Å². The van der Waals surface area contributed by atoms with Crippen molar-refractivity contribution in [3.63, 3.8) is 0 Å². The first-order chi connectivity index (χ1) is 7.66. The van der Waals surface area contributed by atoms with E-state index in [1.54, 1.807) is 36.4 Å². The van der Waals surface area contributed by atoms with Gasteiger partial charge in [-0.3, -0.25) is 0 Å². The van der Waals surface area contributed by atoms with Gasteiger partial charge < -0.3 is 10.0 Å². The second-order valence-corrected chi connectivity index (χ2v) is 3.34. The van der Waals surface area contributed by atoms with Crippen molar-refractivity contribution in [2.45, 2.75) is 0 Å². The third kappa shape index (κ3) is 2.26. The van der Waals surface area contributed by atoms with E-state index in [0.29, 0.717) is 16.7 Å². The Bertz CT molecular complexity index is 505. The molecule has 0 aliphatic heterocycles. The van der Waals surface area contributed by atoms with Crippen LogP contribution in [0.15, 0.2) is 42.5 Å². The molecule has 2 aromatic rings. The number of hydrogen-bond donors (Lipinski definition) is 2. The molecule has 0 saturated carbocycles. The van der Waals surface area contributed by atoms with Crippen LogP contribution in [0.2, 0.25) is 0 Å². The summed E-state index contributed by atoms with van der Waals surface area (Å²) in [5, 5.41) is 18.0. The monoisotopic (exact) mass is 217 g/mol. The molecule has 16 heavy (non-hydrogen) atoms. The van der Waals surface area contributed by atoms with Crippen LogP contribution in [0.1, 0.15) is 0 Å². The molecular formula is C11H9BFNO2. The van der Waals surface area contributed by atoms with E-state index in [0.717, 1.165) is 0 Å². The van der Waals surface area contributed by atoms with Gasteiger partial charge in [0.1, 0.15) is 0 Å². The predicted octanol–water partition coefficient (Wildman–Crippen LogP) is 0.567. The van der Waals surface area contributed by atoms with E-state index in [2.05, 4.69) is 4.98 Å². The molecule has 80 valence electrons. The summed E-state index contributed by atoms with van der Waals surface area (Å²) in [6.07, 6.45) is 0. The maximum absolute atomic E-state index is 12.9. The molecule has 0 atom stereocenters. The Kier molecular flexibility index (Phi) is 2.98. The Labute approximate surface area is 92.4 Å². The van der Waals surface area contributed by atoms with Crippen molar-refractivity contribution in [3.8, 4) is 11.3 Å². The van der Waals surface area contributed by atoms with Gasteiger partial charge in [0.15, 0.2) is 0 Å². The zero-order chi connectivity index (χ0) is 11.5. The van der Waals surface area contributed by atoms with Crippen LogP contribution in [0.5, 0.6) is 0 Å². The fourth-order valence-electron chi connectivity index (χ4n) is 1.43. The molecule has 0 aliphatic carbocycles. The molecular weight excluding hydrogens is 208 g/mol. The van der Waals surface area contributed by atoms with Crippen molar-refractivity contribution in [2.24, 2.45) is 0 Å². The number of hydrogen-bond acceptors (Lipinski definition) is 3. The van der Waals surface area contributed by atoms with Crippen molar-refractivity contribution in [1.29, 1.82) is 0 Å². The van der Waals surface area contributed by atoms with Crippen LogP contribution in [0.4, 0.5) is 4.39 Å². The molecule has 1 heterocycles. The molecule has 1 aromatic heterocycles. The van der Waals surface area contributed by atoms with Gasteiger partial charge in [-0.05, 0) is 23.2 Å². The molecule has 0 fully saturated rings. The normalized spacial score (nSPS) is 10.2. The van der Waals surface area contributed by atoms with Crippen LogP contribution in [0, 0.1) is 5.95 Å². The SMILES string of the molecule is OB(O)c1cccc(-c2cccc(F)n2)c1. The molecule has 0 saturated heterocycles. The van der Waals surface area contributed by atoms with Crippen LogP contribution in [-0.2, 0) is 0 Å². The summed E-state index contributed by atoms with van der Waals surface area (Å²) in [6.45, 7) is 0. The summed E-state index contributed by atoms with van der Waals surface area (Å²) in [6, 6.07) is 11.0. The number of rotatable bonds is 2. The summed E-state index contributed by atoms with van der Waals surface area (Å²) in [7, 11) is -1.53. The lowest BCUT2D eigenvalue weighted by Gasteiger charge is -2.03. The third-order valence-corrected chi connectivity index (χ3v) is 2.20. The van der Waals surface area contributed by atoms with Crippen molar-refractivity contribution < 1.29 is 14.4 Å². The molecule has 5 heteroatoms. The summed E-state index contributed by atoms with van der Waals surface area (Å²) >= 11 is 0. The first kappa shape index (κ1) is 10.8. The highest BCUT2D eigenvalue weighted by atomic mass is 19.1. The average Bonchev–Trinajstić information content (AvgIpc) is 2.29. The molecule has 0 radical (unpaired) electrons. The van der Waals surface area contributed by atoms with Gasteiger partial charge in [0, 0.05) is 0 Å². The molecule has 0 aliphatic rings. The van der Waals surface area contributed by atoms with E-state index in [1.807, 2.05) is 0 Å². The molecule has 2 N–H and O–H groups in total. The Morgan fingerprint density at radius 2 is 1.81 bits per heavy atom. The minimum absolute atomic E-state index is 0.351. The largest absolute Gasteiger partial charge is 0.488 e. The topological polar surface area (TPSA) is 53.4 Å². The first-order valence-electron chi connectivity index (χ1n) is 4.76. The molecule has 2 rings (SSSR count). The van der Waals surface area contributed by atoms with Gasteiger partial charge in [-0.15, -0.1) is 0 Å². The predicted molar refractivity (Wildman–Crippen MR) is 59.5 cm³/mol. The molecule has 0 spiro atoms.